The van der Waals surface area contributed by atoms with Gasteiger partial charge in [-0.2, -0.15) is 0 Å². The van der Waals surface area contributed by atoms with Crippen molar-refractivity contribution in [3.8, 4) is 5.75 Å². The molecule has 0 amide bonds. The van der Waals surface area contributed by atoms with Gasteiger partial charge in [0.15, 0.2) is 12.1 Å². The first-order valence-electron chi connectivity index (χ1n) is 3.99. The van der Waals surface area contributed by atoms with Crippen LogP contribution in [0.5, 0.6) is 5.75 Å². The highest BCUT2D eigenvalue weighted by Gasteiger charge is 2.03. The number of carbonyl (C=O) groups excluding carboxylic acids is 2. The summed E-state index contributed by atoms with van der Waals surface area (Å²) < 4.78 is 0. The number of rotatable bonds is 4. The molecule has 0 aliphatic heterocycles. The molecular formula is C10H10O3. The van der Waals surface area contributed by atoms with Gasteiger partial charge in [-0.3, -0.25) is 9.59 Å². The van der Waals surface area contributed by atoms with E-state index >= 15 is 0 Å². The van der Waals surface area contributed by atoms with Gasteiger partial charge in [-0.25, -0.2) is 0 Å². The van der Waals surface area contributed by atoms with Crippen molar-refractivity contribution in [2.24, 2.45) is 0 Å². The number of para-hydroxylation sites is 1. The summed E-state index contributed by atoms with van der Waals surface area (Å²) >= 11 is 0. The van der Waals surface area contributed by atoms with Crippen molar-refractivity contribution >= 4 is 12.1 Å². The Bertz CT molecular complexity index is 318. The van der Waals surface area contributed by atoms with E-state index in [1.165, 1.54) is 0 Å². The van der Waals surface area contributed by atoms with E-state index in [9.17, 15) is 14.7 Å². The molecule has 1 rings (SSSR count). The number of phenols is 1. The average Bonchev–Trinajstić information content (AvgIpc) is 2.16. The molecule has 1 aromatic rings. The third-order valence-corrected chi connectivity index (χ3v) is 1.76. The maximum absolute atomic E-state index is 10.6. The number of benzene rings is 1. The van der Waals surface area contributed by atoms with Crippen LogP contribution < -0.4 is 0 Å². The number of aldehydes is 1. The van der Waals surface area contributed by atoms with E-state index in [4.69, 9.17) is 0 Å². The lowest BCUT2D eigenvalue weighted by Gasteiger charge is -2.00. The maximum atomic E-state index is 10.6. The van der Waals surface area contributed by atoms with Crippen molar-refractivity contribution in [1.82, 2.24) is 0 Å². The van der Waals surface area contributed by atoms with Crippen molar-refractivity contribution in [1.29, 1.82) is 0 Å². The Labute approximate surface area is 76.0 Å². The van der Waals surface area contributed by atoms with Crippen molar-refractivity contribution in [3.05, 3.63) is 29.8 Å². The first-order chi connectivity index (χ1) is 6.24. The third kappa shape index (κ3) is 2.71. The highest BCUT2D eigenvalue weighted by Crippen LogP contribution is 2.16. The second kappa shape index (κ2) is 4.40. The van der Waals surface area contributed by atoms with Crippen LogP contribution in [-0.2, 0) is 16.0 Å². The molecule has 0 aromatic heterocycles. The van der Waals surface area contributed by atoms with Crippen molar-refractivity contribution in [3.63, 3.8) is 0 Å². The molecule has 0 spiro atoms. The van der Waals surface area contributed by atoms with Gasteiger partial charge >= 0.3 is 0 Å². The Morgan fingerprint density at radius 1 is 1.38 bits per heavy atom. The van der Waals surface area contributed by atoms with Gasteiger partial charge in [0.25, 0.3) is 0 Å². The molecule has 0 atom stereocenters. The van der Waals surface area contributed by atoms with Crippen LogP contribution in [0.15, 0.2) is 24.3 Å². The average molecular weight is 178 g/mol. The number of aryl methyl sites for hydroxylation is 1. The summed E-state index contributed by atoms with van der Waals surface area (Å²) in [4.78, 5) is 20.6. The van der Waals surface area contributed by atoms with E-state index < -0.39 is 5.78 Å². The predicted octanol–water partition coefficient (Wildman–Crippen LogP) is 1.09. The van der Waals surface area contributed by atoms with Crippen LogP contribution >= 0.6 is 0 Å². The molecular weight excluding hydrogens is 168 g/mol. The van der Waals surface area contributed by atoms with Crippen molar-refractivity contribution in [2.75, 3.05) is 0 Å². The molecule has 0 heterocycles. The van der Waals surface area contributed by atoms with Crippen LogP contribution in [-0.4, -0.2) is 17.2 Å². The normalized spacial score (nSPS) is 9.54. The van der Waals surface area contributed by atoms with Crippen LogP contribution in [0.1, 0.15) is 12.0 Å². The predicted molar refractivity (Wildman–Crippen MR) is 47.5 cm³/mol. The molecule has 3 nitrogen and oxygen atoms in total. The third-order valence-electron chi connectivity index (χ3n) is 1.76. The monoisotopic (exact) mass is 178 g/mol. The molecule has 0 aliphatic rings. The standard InChI is InChI=1S/C10H10O3/c11-7-9(12)6-5-8-3-1-2-4-10(8)13/h1-4,7,13H,5-6H2. The Morgan fingerprint density at radius 3 is 2.69 bits per heavy atom. The van der Waals surface area contributed by atoms with Gasteiger partial charge in [-0.05, 0) is 18.1 Å². The fourth-order valence-corrected chi connectivity index (χ4v) is 1.04. The van der Waals surface area contributed by atoms with Crippen molar-refractivity contribution in [2.45, 2.75) is 12.8 Å². The quantitative estimate of drug-likeness (QED) is 0.554. The van der Waals surface area contributed by atoms with Gasteiger partial charge in [-0.1, -0.05) is 18.2 Å². The smallest absolute Gasteiger partial charge is 0.195 e. The summed E-state index contributed by atoms with van der Waals surface area (Å²) in [6.07, 6.45) is 0.866. The Morgan fingerprint density at radius 2 is 2.08 bits per heavy atom. The number of aromatic hydroxyl groups is 1. The van der Waals surface area contributed by atoms with Gasteiger partial charge in [0.05, 0.1) is 0 Å². The molecule has 3 heteroatoms. The molecule has 0 saturated heterocycles. The van der Waals surface area contributed by atoms with E-state index in [0.29, 0.717) is 18.3 Å². The largest absolute Gasteiger partial charge is 0.508 e. The van der Waals surface area contributed by atoms with E-state index in [2.05, 4.69) is 0 Å². The molecule has 0 bridgehead atoms. The lowest BCUT2D eigenvalue weighted by molar-refractivity contribution is -0.129. The van der Waals surface area contributed by atoms with E-state index in [0.717, 1.165) is 0 Å². The molecule has 1 N–H and O–H groups in total. The minimum Gasteiger partial charge on any atom is -0.508 e. The lowest BCUT2D eigenvalue weighted by Crippen LogP contribution is -2.00. The maximum Gasteiger partial charge on any atom is 0.195 e. The molecule has 13 heavy (non-hydrogen) atoms. The number of Topliss-reactive ketones (excluding diaryl/α,β-unsaturated/α-hetero) is 1. The SMILES string of the molecule is O=CC(=O)CCc1ccccc1O. The number of hydrogen-bond acceptors (Lipinski definition) is 3. The van der Waals surface area contributed by atoms with Crippen LogP contribution in [0.2, 0.25) is 0 Å². The number of ketones is 1. The summed E-state index contributed by atoms with van der Waals surface area (Å²) in [6.45, 7) is 0. The summed E-state index contributed by atoms with van der Waals surface area (Å²) in [5.74, 6) is -0.274. The van der Waals surface area contributed by atoms with Crippen LogP contribution in [0, 0.1) is 0 Å². The van der Waals surface area contributed by atoms with Crippen molar-refractivity contribution < 1.29 is 14.7 Å². The first-order valence-corrected chi connectivity index (χ1v) is 3.99. The first kappa shape index (κ1) is 9.45. The van der Waals surface area contributed by atoms with Gasteiger partial charge in [0, 0.05) is 6.42 Å². The zero-order chi connectivity index (χ0) is 9.68. The second-order valence-electron chi connectivity index (χ2n) is 2.71. The summed E-state index contributed by atoms with van der Waals surface area (Å²) in [5.41, 5.74) is 0.692. The fourth-order valence-electron chi connectivity index (χ4n) is 1.04. The Hall–Kier alpha value is -1.64. The van der Waals surface area contributed by atoms with Gasteiger partial charge in [0.2, 0.25) is 0 Å². The molecule has 1 aromatic carbocycles. The van der Waals surface area contributed by atoms with Gasteiger partial charge < -0.3 is 5.11 Å². The zero-order valence-corrected chi connectivity index (χ0v) is 7.06. The summed E-state index contributed by atoms with van der Waals surface area (Å²) in [5, 5.41) is 9.30. The molecule has 0 aliphatic carbocycles. The van der Waals surface area contributed by atoms with E-state index in [-0.39, 0.29) is 12.2 Å². The summed E-state index contributed by atoms with van der Waals surface area (Å²) in [6, 6.07) is 6.77. The lowest BCUT2D eigenvalue weighted by atomic mass is 10.1. The Balaban J connectivity index is 2.59. The summed E-state index contributed by atoms with van der Waals surface area (Å²) in [7, 11) is 0. The van der Waals surface area contributed by atoms with Gasteiger partial charge in [-0.15, -0.1) is 0 Å². The topological polar surface area (TPSA) is 54.4 Å². The molecule has 0 radical (unpaired) electrons. The molecule has 0 fully saturated rings. The number of phenolic OH excluding ortho intramolecular Hbond substituents is 1. The van der Waals surface area contributed by atoms with Crippen LogP contribution in [0.25, 0.3) is 0 Å². The molecule has 68 valence electrons. The fraction of sp³-hybridized carbons (Fsp3) is 0.200. The van der Waals surface area contributed by atoms with Crippen LogP contribution in [0.3, 0.4) is 0 Å². The highest BCUT2D eigenvalue weighted by atomic mass is 16.3. The second-order valence-corrected chi connectivity index (χ2v) is 2.71. The van der Waals surface area contributed by atoms with E-state index in [1.807, 2.05) is 0 Å². The Kier molecular flexibility index (Phi) is 3.20. The van der Waals surface area contributed by atoms with E-state index in [1.54, 1.807) is 24.3 Å². The minimum absolute atomic E-state index is 0.154. The highest BCUT2D eigenvalue weighted by molar-refractivity contribution is 6.24. The zero-order valence-electron chi connectivity index (χ0n) is 7.06. The minimum atomic E-state index is -0.441. The van der Waals surface area contributed by atoms with Crippen LogP contribution in [0.4, 0.5) is 0 Å². The molecule has 0 saturated carbocycles. The number of carbonyl (C=O) groups is 2. The number of hydrogen-bond donors (Lipinski definition) is 1. The molecule has 0 unspecified atom stereocenters. The van der Waals surface area contributed by atoms with Gasteiger partial charge in [0.1, 0.15) is 5.75 Å².